The SMILES string of the molecule is Cc1noc(C)c1-c1c(C(N)=O)c2cc(F)ccc2n1-c1ccc(O)cc1. The molecule has 2 aromatic carbocycles. The largest absolute Gasteiger partial charge is 0.508 e. The number of nitrogens with zero attached hydrogens (tertiary/aromatic N) is 2. The average molecular weight is 365 g/mol. The quantitative estimate of drug-likeness (QED) is 0.577. The van der Waals surface area contributed by atoms with E-state index in [0.717, 1.165) is 0 Å². The summed E-state index contributed by atoms with van der Waals surface area (Å²) in [5, 5.41) is 14.0. The van der Waals surface area contributed by atoms with Crippen molar-refractivity contribution in [3.8, 4) is 22.7 Å². The summed E-state index contributed by atoms with van der Waals surface area (Å²) in [6.45, 7) is 3.50. The van der Waals surface area contributed by atoms with E-state index >= 15 is 0 Å². The molecule has 4 aromatic rings. The highest BCUT2D eigenvalue weighted by atomic mass is 19.1. The summed E-state index contributed by atoms with van der Waals surface area (Å²) in [5.41, 5.74) is 8.83. The van der Waals surface area contributed by atoms with Crippen LogP contribution in [0.5, 0.6) is 5.75 Å². The molecule has 0 spiro atoms. The minimum absolute atomic E-state index is 0.107. The van der Waals surface area contributed by atoms with Gasteiger partial charge in [0.25, 0.3) is 5.91 Å². The first-order chi connectivity index (χ1) is 12.9. The lowest BCUT2D eigenvalue weighted by Crippen LogP contribution is -2.13. The van der Waals surface area contributed by atoms with Gasteiger partial charge in [0.15, 0.2) is 0 Å². The molecular weight excluding hydrogens is 349 g/mol. The van der Waals surface area contributed by atoms with Crippen molar-refractivity contribution in [1.29, 1.82) is 0 Å². The van der Waals surface area contributed by atoms with Crippen LogP contribution in [0.3, 0.4) is 0 Å². The molecule has 7 heteroatoms. The predicted molar refractivity (Wildman–Crippen MR) is 98.4 cm³/mol. The third-order valence-electron chi connectivity index (χ3n) is 4.55. The number of primary amides is 1. The van der Waals surface area contributed by atoms with Gasteiger partial charge in [-0.15, -0.1) is 0 Å². The Kier molecular flexibility index (Phi) is 3.73. The molecule has 0 aliphatic carbocycles. The van der Waals surface area contributed by atoms with Gasteiger partial charge in [0.1, 0.15) is 17.3 Å². The Balaban J connectivity index is 2.22. The number of carbonyl (C=O) groups is 1. The van der Waals surface area contributed by atoms with Crippen LogP contribution in [-0.2, 0) is 0 Å². The molecule has 3 N–H and O–H groups in total. The molecule has 2 aromatic heterocycles. The molecule has 27 heavy (non-hydrogen) atoms. The Morgan fingerprint density at radius 3 is 2.48 bits per heavy atom. The minimum Gasteiger partial charge on any atom is -0.508 e. The lowest BCUT2D eigenvalue weighted by molar-refractivity contribution is 0.100. The molecule has 0 aliphatic rings. The van der Waals surface area contributed by atoms with Crippen molar-refractivity contribution >= 4 is 16.8 Å². The molecular formula is C20H16FN3O3. The zero-order valence-electron chi connectivity index (χ0n) is 14.7. The molecule has 0 saturated carbocycles. The highest BCUT2D eigenvalue weighted by Crippen LogP contribution is 2.39. The van der Waals surface area contributed by atoms with Crippen molar-refractivity contribution < 1.29 is 18.8 Å². The van der Waals surface area contributed by atoms with Gasteiger partial charge in [-0.1, -0.05) is 5.16 Å². The summed E-state index contributed by atoms with van der Waals surface area (Å²) in [5.74, 6) is -0.537. The molecule has 0 fully saturated rings. The number of hydrogen-bond donors (Lipinski definition) is 2. The highest BCUT2D eigenvalue weighted by Gasteiger charge is 2.27. The fourth-order valence-electron chi connectivity index (χ4n) is 3.44. The van der Waals surface area contributed by atoms with Gasteiger partial charge in [0.05, 0.1) is 28.0 Å². The van der Waals surface area contributed by atoms with Gasteiger partial charge >= 0.3 is 0 Å². The van der Waals surface area contributed by atoms with E-state index in [4.69, 9.17) is 10.3 Å². The smallest absolute Gasteiger partial charge is 0.251 e. The van der Waals surface area contributed by atoms with E-state index in [1.165, 1.54) is 24.3 Å². The first-order valence-corrected chi connectivity index (χ1v) is 8.25. The summed E-state index contributed by atoms with van der Waals surface area (Å²) in [6, 6.07) is 10.7. The van der Waals surface area contributed by atoms with E-state index in [-0.39, 0.29) is 11.3 Å². The maximum absolute atomic E-state index is 14.0. The summed E-state index contributed by atoms with van der Waals surface area (Å²) >= 11 is 0. The van der Waals surface area contributed by atoms with Crippen LogP contribution >= 0.6 is 0 Å². The Hall–Kier alpha value is -3.61. The molecule has 0 atom stereocenters. The van der Waals surface area contributed by atoms with Gasteiger partial charge in [-0.2, -0.15) is 0 Å². The van der Waals surface area contributed by atoms with Gasteiger partial charge in [-0.25, -0.2) is 4.39 Å². The van der Waals surface area contributed by atoms with Crippen LogP contribution in [0.1, 0.15) is 21.8 Å². The topological polar surface area (TPSA) is 94.3 Å². The number of phenolic OH excluding ortho intramolecular Hbond substituents is 1. The summed E-state index contributed by atoms with van der Waals surface area (Å²) in [6.07, 6.45) is 0. The van der Waals surface area contributed by atoms with Gasteiger partial charge in [0.2, 0.25) is 0 Å². The molecule has 1 amide bonds. The second-order valence-electron chi connectivity index (χ2n) is 6.30. The molecule has 6 nitrogen and oxygen atoms in total. The number of benzene rings is 2. The normalized spacial score (nSPS) is 11.2. The molecule has 0 bridgehead atoms. The number of halogens is 1. The van der Waals surface area contributed by atoms with Crippen LogP contribution in [0.15, 0.2) is 47.0 Å². The van der Waals surface area contributed by atoms with Gasteiger partial charge in [-0.05, 0) is 56.3 Å². The fraction of sp³-hybridized carbons (Fsp3) is 0.100. The molecule has 0 aliphatic heterocycles. The van der Waals surface area contributed by atoms with Gasteiger partial charge in [0, 0.05) is 11.1 Å². The zero-order chi connectivity index (χ0) is 19.3. The van der Waals surface area contributed by atoms with Crippen molar-refractivity contribution in [2.45, 2.75) is 13.8 Å². The number of amides is 1. The van der Waals surface area contributed by atoms with E-state index in [1.807, 2.05) is 0 Å². The molecule has 0 unspecified atom stereocenters. The monoisotopic (exact) mass is 365 g/mol. The fourth-order valence-corrected chi connectivity index (χ4v) is 3.44. The van der Waals surface area contributed by atoms with Crippen molar-refractivity contribution in [3.63, 3.8) is 0 Å². The Morgan fingerprint density at radius 1 is 1.19 bits per heavy atom. The predicted octanol–water partition coefficient (Wildman–Crippen LogP) is 3.85. The number of aromatic hydroxyl groups is 1. The Labute approximate surface area is 153 Å². The minimum atomic E-state index is -0.682. The van der Waals surface area contributed by atoms with E-state index in [2.05, 4.69) is 5.16 Å². The van der Waals surface area contributed by atoms with E-state index in [1.54, 1.807) is 36.6 Å². The van der Waals surface area contributed by atoms with E-state index in [0.29, 0.717) is 39.3 Å². The van der Waals surface area contributed by atoms with Crippen molar-refractivity contribution in [2.75, 3.05) is 0 Å². The standard InChI is InChI=1S/C20H16FN3O3/c1-10-17(11(2)27-23-10)19-18(20(22)26)15-9-12(21)3-8-16(15)24(19)13-4-6-14(25)7-5-13/h3-9,25H,1-2H3,(H2,22,26). The van der Waals surface area contributed by atoms with Gasteiger partial charge < -0.3 is 19.9 Å². The van der Waals surface area contributed by atoms with Crippen LogP contribution in [-0.4, -0.2) is 20.7 Å². The first kappa shape index (κ1) is 16.8. The number of hydrogen-bond acceptors (Lipinski definition) is 4. The lowest BCUT2D eigenvalue weighted by Gasteiger charge is -2.12. The van der Waals surface area contributed by atoms with Crippen molar-refractivity contribution in [1.82, 2.24) is 9.72 Å². The van der Waals surface area contributed by atoms with Crippen LogP contribution in [0.2, 0.25) is 0 Å². The molecule has 136 valence electrons. The van der Waals surface area contributed by atoms with Crippen molar-refractivity contribution in [3.05, 3.63) is 65.3 Å². The number of aromatic nitrogens is 2. The number of fused-ring (bicyclic) bond motifs is 1. The Bertz CT molecular complexity index is 1170. The van der Waals surface area contributed by atoms with E-state index < -0.39 is 11.7 Å². The van der Waals surface area contributed by atoms with E-state index in [9.17, 15) is 14.3 Å². The molecule has 0 saturated heterocycles. The average Bonchev–Trinajstić information content (AvgIpc) is 3.12. The third kappa shape index (κ3) is 2.55. The number of rotatable bonds is 3. The maximum atomic E-state index is 14.0. The number of phenols is 1. The maximum Gasteiger partial charge on any atom is 0.251 e. The summed E-state index contributed by atoms with van der Waals surface area (Å²) < 4.78 is 21.0. The van der Waals surface area contributed by atoms with Crippen LogP contribution in [0.25, 0.3) is 27.8 Å². The summed E-state index contributed by atoms with van der Waals surface area (Å²) in [7, 11) is 0. The Morgan fingerprint density at radius 2 is 1.89 bits per heavy atom. The summed E-state index contributed by atoms with van der Waals surface area (Å²) in [4.78, 5) is 12.4. The first-order valence-electron chi connectivity index (χ1n) is 8.25. The van der Waals surface area contributed by atoms with Crippen LogP contribution in [0.4, 0.5) is 4.39 Å². The van der Waals surface area contributed by atoms with Crippen LogP contribution < -0.4 is 5.73 Å². The molecule has 2 heterocycles. The number of nitrogens with two attached hydrogens (primary N) is 1. The van der Waals surface area contributed by atoms with Crippen molar-refractivity contribution in [2.24, 2.45) is 5.73 Å². The highest BCUT2D eigenvalue weighted by molar-refractivity contribution is 6.13. The molecule has 4 rings (SSSR count). The second-order valence-corrected chi connectivity index (χ2v) is 6.30. The third-order valence-corrected chi connectivity index (χ3v) is 4.55. The number of aryl methyl sites for hydroxylation is 2. The molecule has 0 radical (unpaired) electrons. The van der Waals surface area contributed by atoms with Gasteiger partial charge in [-0.3, -0.25) is 4.79 Å². The second kappa shape index (κ2) is 5.98. The van der Waals surface area contributed by atoms with Crippen LogP contribution in [0, 0.1) is 19.7 Å². The number of carbonyl (C=O) groups excluding carboxylic acids is 1. The zero-order valence-corrected chi connectivity index (χ0v) is 14.7. The lowest BCUT2D eigenvalue weighted by atomic mass is 10.0.